The molecule has 112 valence electrons. The Labute approximate surface area is 133 Å². The lowest BCUT2D eigenvalue weighted by Crippen LogP contribution is -2.28. The van der Waals surface area contributed by atoms with Gasteiger partial charge in [-0.2, -0.15) is 0 Å². The van der Waals surface area contributed by atoms with E-state index < -0.39 is 0 Å². The van der Waals surface area contributed by atoms with Gasteiger partial charge in [0, 0.05) is 35.1 Å². The highest BCUT2D eigenvalue weighted by molar-refractivity contribution is 6.36. The van der Waals surface area contributed by atoms with Crippen molar-refractivity contribution in [1.29, 1.82) is 0 Å². The molecule has 1 aromatic heterocycles. The number of carbonyl (C=O) groups is 1. The minimum absolute atomic E-state index is 0.0412. The zero-order chi connectivity index (χ0) is 15.2. The van der Waals surface area contributed by atoms with Crippen molar-refractivity contribution in [2.45, 2.75) is 25.8 Å². The van der Waals surface area contributed by atoms with Crippen molar-refractivity contribution in [3.8, 4) is 0 Å². The Morgan fingerprint density at radius 3 is 2.71 bits per heavy atom. The number of halogens is 2. The summed E-state index contributed by atoms with van der Waals surface area (Å²) in [6.45, 7) is 2.97. The van der Waals surface area contributed by atoms with Gasteiger partial charge in [-0.3, -0.25) is 9.48 Å². The van der Waals surface area contributed by atoms with E-state index in [1.165, 1.54) is 0 Å². The molecule has 2 rings (SSSR count). The zero-order valence-corrected chi connectivity index (χ0v) is 13.1. The molecule has 0 radical (unpaired) electrons. The fourth-order valence-electron chi connectivity index (χ4n) is 2.01. The van der Waals surface area contributed by atoms with Gasteiger partial charge >= 0.3 is 0 Å². The average molecular weight is 327 g/mol. The molecule has 1 amide bonds. The highest BCUT2D eigenvalue weighted by Crippen LogP contribution is 2.30. The molecule has 0 aliphatic carbocycles. The maximum atomic E-state index is 11.8. The number of amides is 1. The van der Waals surface area contributed by atoms with E-state index in [-0.39, 0.29) is 11.8 Å². The molecule has 21 heavy (non-hydrogen) atoms. The van der Waals surface area contributed by atoms with Gasteiger partial charge in [-0.1, -0.05) is 41.4 Å². The first-order valence-corrected chi connectivity index (χ1v) is 7.38. The van der Waals surface area contributed by atoms with Gasteiger partial charge in [0.2, 0.25) is 5.91 Å². The number of benzene rings is 1. The monoisotopic (exact) mass is 326 g/mol. The summed E-state index contributed by atoms with van der Waals surface area (Å²) in [4.78, 5) is 11.8. The number of hydrogen-bond acceptors (Lipinski definition) is 3. The Morgan fingerprint density at radius 1 is 1.38 bits per heavy atom. The number of nitrogens with one attached hydrogen (secondary N) is 1. The number of carbonyl (C=O) groups excluding carboxylic acids is 1. The predicted octanol–water partition coefficient (Wildman–Crippen LogP) is 2.89. The number of nitrogens with zero attached hydrogens (tertiary/aromatic N) is 3. The van der Waals surface area contributed by atoms with E-state index in [0.717, 1.165) is 5.56 Å². The number of hydrogen-bond donors (Lipinski definition) is 1. The maximum absolute atomic E-state index is 11.8. The van der Waals surface area contributed by atoms with Crippen molar-refractivity contribution >= 4 is 29.1 Å². The molecule has 7 heteroatoms. The van der Waals surface area contributed by atoms with E-state index in [9.17, 15) is 4.79 Å². The molecular weight excluding hydrogens is 311 g/mol. The van der Waals surface area contributed by atoms with Crippen LogP contribution < -0.4 is 5.32 Å². The predicted molar refractivity (Wildman–Crippen MR) is 82.5 cm³/mol. The van der Waals surface area contributed by atoms with Gasteiger partial charge in [-0.15, -0.1) is 5.10 Å². The molecule has 1 atom stereocenters. The highest BCUT2D eigenvalue weighted by atomic mass is 35.5. The summed E-state index contributed by atoms with van der Waals surface area (Å²) >= 11 is 12.3. The lowest BCUT2D eigenvalue weighted by molar-refractivity contribution is -0.121. The SMILES string of the molecule is CC(CNC(=O)CCn1ccnn1)c1c(Cl)cccc1Cl. The summed E-state index contributed by atoms with van der Waals surface area (Å²) in [5.74, 6) is 0.00189. The lowest BCUT2D eigenvalue weighted by atomic mass is 10.0. The third-order valence-corrected chi connectivity index (χ3v) is 3.80. The van der Waals surface area contributed by atoms with Crippen LogP contribution in [0.5, 0.6) is 0 Å². The van der Waals surface area contributed by atoms with Crippen LogP contribution in [0.1, 0.15) is 24.8 Å². The van der Waals surface area contributed by atoms with Crippen LogP contribution in [0, 0.1) is 0 Å². The minimum Gasteiger partial charge on any atom is -0.355 e. The van der Waals surface area contributed by atoms with Gasteiger partial charge in [0.15, 0.2) is 0 Å². The summed E-state index contributed by atoms with van der Waals surface area (Å²) in [5, 5.41) is 11.6. The van der Waals surface area contributed by atoms with E-state index in [2.05, 4.69) is 15.6 Å². The molecule has 2 aromatic rings. The van der Waals surface area contributed by atoms with E-state index >= 15 is 0 Å². The Kier molecular flexibility index (Phi) is 5.59. The van der Waals surface area contributed by atoms with Crippen LogP contribution in [-0.4, -0.2) is 27.4 Å². The smallest absolute Gasteiger partial charge is 0.221 e. The molecule has 0 saturated heterocycles. The second-order valence-electron chi connectivity index (χ2n) is 4.76. The van der Waals surface area contributed by atoms with Crippen molar-refractivity contribution < 1.29 is 4.79 Å². The molecule has 0 spiro atoms. The van der Waals surface area contributed by atoms with Gasteiger partial charge < -0.3 is 5.32 Å². The first kappa shape index (κ1) is 15.8. The average Bonchev–Trinajstić information content (AvgIpc) is 2.96. The van der Waals surface area contributed by atoms with E-state index in [1.807, 2.05) is 6.92 Å². The third-order valence-electron chi connectivity index (χ3n) is 3.14. The summed E-state index contributed by atoms with van der Waals surface area (Å²) in [5.41, 5.74) is 0.859. The summed E-state index contributed by atoms with van der Waals surface area (Å²) in [6, 6.07) is 5.40. The molecule has 0 fully saturated rings. The van der Waals surface area contributed by atoms with Crippen LogP contribution in [0.4, 0.5) is 0 Å². The molecule has 0 bridgehead atoms. The number of rotatable bonds is 6. The lowest BCUT2D eigenvalue weighted by Gasteiger charge is -2.16. The summed E-state index contributed by atoms with van der Waals surface area (Å²) < 4.78 is 1.62. The highest BCUT2D eigenvalue weighted by Gasteiger charge is 2.14. The molecule has 1 heterocycles. The van der Waals surface area contributed by atoms with Crippen molar-refractivity contribution in [1.82, 2.24) is 20.3 Å². The second kappa shape index (κ2) is 7.43. The first-order valence-electron chi connectivity index (χ1n) is 6.62. The minimum atomic E-state index is -0.0412. The first-order chi connectivity index (χ1) is 10.1. The fraction of sp³-hybridized carbons (Fsp3) is 0.357. The number of aryl methyl sites for hydroxylation is 1. The van der Waals surface area contributed by atoms with Crippen LogP contribution in [0.25, 0.3) is 0 Å². The topological polar surface area (TPSA) is 59.8 Å². The van der Waals surface area contributed by atoms with Gasteiger partial charge in [0.1, 0.15) is 0 Å². The van der Waals surface area contributed by atoms with Gasteiger partial charge in [0.05, 0.1) is 12.7 Å². The fourth-order valence-corrected chi connectivity index (χ4v) is 2.78. The second-order valence-corrected chi connectivity index (χ2v) is 5.57. The van der Waals surface area contributed by atoms with Gasteiger partial charge in [0.25, 0.3) is 0 Å². The van der Waals surface area contributed by atoms with Crippen molar-refractivity contribution in [2.24, 2.45) is 0 Å². The van der Waals surface area contributed by atoms with E-state index in [1.54, 1.807) is 35.3 Å². The standard InChI is InChI=1S/C14H16Cl2N4O/c1-10(14-11(15)3-2-4-12(14)16)9-17-13(21)5-7-20-8-6-18-19-20/h2-4,6,8,10H,5,7,9H2,1H3,(H,17,21). The summed E-state index contributed by atoms with van der Waals surface area (Å²) in [6.07, 6.45) is 3.66. The Morgan fingerprint density at radius 2 is 2.10 bits per heavy atom. The largest absolute Gasteiger partial charge is 0.355 e. The molecule has 1 N–H and O–H groups in total. The molecule has 1 aromatic carbocycles. The summed E-state index contributed by atoms with van der Waals surface area (Å²) in [7, 11) is 0. The molecule has 0 aliphatic rings. The zero-order valence-electron chi connectivity index (χ0n) is 11.6. The quantitative estimate of drug-likeness (QED) is 0.887. The van der Waals surface area contributed by atoms with Crippen molar-refractivity contribution in [2.75, 3.05) is 6.54 Å². The normalized spacial score (nSPS) is 12.1. The Bertz CT molecular complexity index is 581. The Balaban J connectivity index is 1.83. The number of aromatic nitrogens is 3. The molecular formula is C14H16Cl2N4O. The van der Waals surface area contributed by atoms with Crippen LogP contribution in [0.3, 0.4) is 0 Å². The maximum Gasteiger partial charge on any atom is 0.221 e. The van der Waals surface area contributed by atoms with Crippen LogP contribution in [-0.2, 0) is 11.3 Å². The van der Waals surface area contributed by atoms with Gasteiger partial charge in [-0.05, 0) is 17.7 Å². The molecule has 5 nitrogen and oxygen atoms in total. The van der Waals surface area contributed by atoms with Crippen LogP contribution in [0.2, 0.25) is 10.0 Å². The molecule has 0 saturated carbocycles. The Hall–Kier alpha value is -1.59. The molecule has 1 unspecified atom stereocenters. The molecule has 0 aliphatic heterocycles. The van der Waals surface area contributed by atoms with Crippen molar-refractivity contribution in [3.63, 3.8) is 0 Å². The third kappa shape index (κ3) is 4.44. The van der Waals surface area contributed by atoms with Crippen LogP contribution >= 0.6 is 23.2 Å². The van der Waals surface area contributed by atoms with Crippen LogP contribution in [0.15, 0.2) is 30.6 Å². The van der Waals surface area contributed by atoms with Gasteiger partial charge in [-0.25, -0.2) is 0 Å². The van der Waals surface area contributed by atoms with E-state index in [0.29, 0.717) is 29.6 Å². The van der Waals surface area contributed by atoms with E-state index in [4.69, 9.17) is 23.2 Å². The van der Waals surface area contributed by atoms with Crippen molar-refractivity contribution in [3.05, 3.63) is 46.2 Å².